The van der Waals surface area contributed by atoms with Crippen molar-refractivity contribution >= 4 is 34.8 Å². The molecule has 7 heteroatoms. The van der Waals surface area contributed by atoms with Crippen LogP contribution in [-0.4, -0.2) is 29.1 Å². The molecule has 0 aliphatic carbocycles. The first-order valence-electron chi connectivity index (χ1n) is 8.07. The third kappa shape index (κ3) is 4.40. The summed E-state index contributed by atoms with van der Waals surface area (Å²) in [5.74, 6) is -1.01. The summed E-state index contributed by atoms with van der Waals surface area (Å²) in [6.07, 6.45) is 1.59. The normalized spacial score (nSPS) is 10.1. The average Bonchev–Trinajstić information content (AvgIpc) is 2.70. The molecule has 0 spiro atoms. The molecule has 136 valence electrons. The van der Waals surface area contributed by atoms with Crippen LogP contribution in [0.2, 0.25) is 0 Å². The third-order valence-corrected chi connectivity index (χ3v) is 3.78. The standard InChI is InChI=1S/C20H17N3O4/c1-27-20(26)17-3-2-12-21-18(17)23-16-10-8-15(9-11-16)22-14-6-4-13(5-7-14)19(24)25/h2-12,22H,1H3,(H,21,23)(H,24,25). The highest BCUT2D eigenvalue weighted by Gasteiger charge is 2.12. The molecule has 1 aromatic heterocycles. The molecule has 0 saturated heterocycles. The summed E-state index contributed by atoms with van der Waals surface area (Å²) in [7, 11) is 1.32. The van der Waals surface area contributed by atoms with Gasteiger partial charge in [0.25, 0.3) is 0 Å². The molecule has 3 rings (SSSR count). The Balaban J connectivity index is 1.71. The van der Waals surface area contributed by atoms with Crippen LogP contribution in [0.4, 0.5) is 22.9 Å². The summed E-state index contributed by atoms with van der Waals surface area (Å²) in [4.78, 5) is 26.9. The second kappa shape index (κ2) is 8.01. The molecule has 7 nitrogen and oxygen atoms in total. The van der Waals surface area contributed by atoms with Crippen LogP contribution in [0.15, 0.2) is 66.9 Å². The van der Waals surface area contributed by atoms with Gasteiger partial charge < -0.3 is 20.5 Å². The molecule has 1 heterocycles. The van der Waals surface area contributed by atoms with Crippen LogP contribution in [0.25, 0.3) is 0 Å². The Labute approximate surface area is 155 Å². The number of carboxylic acids is 1. The van der Waals surface area contributed by atoms with Gasteiger partial charge in [0.2, 0.25) is 0 Å². The molecule has 0 fully saturated rings. The van der Waals surface area contributed by atoms with E-state index in [4.69, 9.17) is 9.84 Å². The number of methoxy groups -OCH3 is 1. The van der Waals surface area contributed by atoms with Gasteiger partial charge in [-0.05, 0) is 60.7 Å². The van der Waals surface area contributed by atoms with Gasteiger partial charge in [-0.1, -0.05) is 0 Å². The predicted octanol–water partition coefficient (Wildman–Crippen LogP) is 4.05. The lowest BCUT2D eigenvalue weighted by atomic mass is 10.2. The fourth-order valence-electron chi connectivity index (χ4n) is 2.42. The topological polar surface area (TPSA) is 101 Å². The fourth-order valence-corrected chi connectivity index (χ4v) is 2.42. The Bertz CT molecular complexity index is 954. The van der Waals surface area contributed by atoms with Gasteiger partial charge in [0.05, 0.1) is 12.7 Å². The van der Waals surface area contributed by atoms with Crippen molar-refractivity contribution in [3.63, 3.8) is 0 Å². The van der Waals surface area contributed by atoms with E-state index >= 15 is 0 Å². The van der Waals surface area contributed by atoms with Gasteiger partial charge in [-0.3, -0.25) is 0 Å². The number of esters is 1. The Morgan fingerprint density at radius 2 is 1.44 bits per heavy atom. The highest BCUT2D eigenvalue weighted by atomic mass is 16.5. The van der Waals surface area contributed by atoms with Crippen molar-refractivity contribution in [2.24, 2.45) is 0 Å². The summed E-state index contributed by atoms with van der Waals surface area (Å²) in [6, 6.07) is 17.2. The zero-order valence-corrected chi connectivity index (χ0v) is 14.5. The van der Waals surface area contributed by atoms with Gasteiger partial charge >= 0.3 is 11.9 Å². The van der Waals surface area contributed by atoms with Crippen LogP contribution in [0, 0.1) is 0 Å². The molecule has 0 unspecified atom stereocenters. The second-order valence-electron chi connectivity index (χ2n) is 5.60. The second-order valence-corrected chi connectivity index (χ2v) is 5.60. The maximum absolute atomic E-state index is 11.8. The minimum Gasteiger partial charge on any atom is -0.478 e. The molecule has 0 bridgehead atoms. The van der Waals surface area contributed by atoms with E-state index in [1.165, 1.54) is 19.2 Å². The zero-order valence-electron chi connectivity index (χ0n) is 14.5. The molecular formula is C20H17N3O4. The number of aromatic nitrogens is 1. The number of carboxylic acid groups (broad SMARTS) is 1. The molecule has 27 heavy (non-hydrogen) atoms. The van der Waals surface area contributed by atoms with Crippen LogP contribution in [0.5, 0.6) is 0 Å². The summed E-state index contributed by atoms with van der Waals surface area (Å²) in [5.41, 5.74) is 2.94. The molecule has 2 aromatic carbocycles. The maximum Gasteiger partial charge on any atom is 0.341 e. The van der Waals surface area contributed by atoms with E-state index in [0.717, 1.165) is 17.1 Å². The number of hydrogen-bond donors (Lipinski definition) is 3. The van der Waals surface area contributed by atoms with Crippen molar-refractivity contribution in [1.29, 1.82) is 0 Å². The zero-order chi connectivity index (χ0) is 19.2. The van der Waals surface area contributed by atoms with Crippen LogP contribution >= 0.6 is 0 Å². The average molecular weight is 363 g/mol. The number of nitrogens with one attached hydrogen (secondary N) is 2. The molecule has 0 aliphatic rings. The Morgan fingerprint density at radius 1 is 0.889 bits per heavy atom. The van der Waals surface area contributed by atoms with Crippen molar-refractivity contribution in [2.45, 2.75) is 0 Å². The van der Waals surface area contributed by atoms with E-state index in [-0.39, 0.29) is 5.56 Å². The predicted molar refractivity (Wildman–Crippen MR) is 102 cm³/mol. The molecule has 0 amide bonds. The van der Waals surface area contributed by atoms with Gasteiger partial charge in [-0.25, -0.2) is 14.6 Å². The molecule has 0 radical (unpaired) electrons. The van der Waals surface area contributed by atoms with Crippen molar-refractivity contribution < 1.29 is 19.4 Å². The highest BCUT2D eigenvalue weighted by molar-refractivity contribution is 5.95. The van der Waals surface area contributed by atoms with E-state index in [0.29, 0.717) is 11.4 Å². The van der Waals surface area contributed by atoms with Crippen LogP contribution < -0.4 is 10.6 Å². The Kier molecular flexibility index (Phi) is 5.32. The number of carbonyl (C=O) groups is 2. The Hall–Kier alpha value is -3.87. The summed E-state index contributed by atoms with van der Waals surface area (Å²) < 4.78 is 4.76. The molecular weight excluding hydrogens is 346 g/mol. The van der Waals surface area contributed by atoms with Gasteiger partial charge in [-0.2, -0.15) is 0 Å². The number of anilines is 4. The van der Waals surface area contributed by atoms with E-state index in [1.807, 2.05) is 24.3 Å². The van der Waals surface area contributed by atoms with Gasteiger partial charge in [-0.15, -0.1) is 0 Å². The van der Waals surface area contributed by atoms with E-state index in [1.54, 1.807) is 30.5 Å². The lowest BCUT2D eigenvalue weighted by Gasteiger charge is -2.11. The molecule has 3 N–H and O–H groups in total. The van der Waals surface area contributed by atoms with Crippen molar-refractivity contribution in [3.8, 4) is 0 Å². The first-order chi connectivity index (χ1) is 13.1. The summed E-state index contributed by atoms with van der Waals surface area (Å²) in [6.45, 7) is 0. The van der Waals surface area contributed by atoms with E-state index in [2.05, 4.69) is 15.6 Å². The molecule has 0 aliphatic heterocycles. The number of carbonyl (C=O) groups excluding carboxylic acids is 1. The van der Waals surface area contributed by atoms with Crippen molar-refractivity contribution in [3.05, 3.63) is 78.0 Å². The first-order valence-corrected chi connectivity index (χ1v) is 8.07. The van der Waals surface area contributed by atoms with Crippen LogP contribution in [-0.2, 0) is 4.74 Å². The van der Waals surface area contributed by atoms with Gasteiger partial charge in [0.1, 0.15) is 11.4 Å². The largest absolute Gasteiger partial charge is 0.478 e. The van der Waals surface area contributed by atoms with Crippen molar-refractivity contribution in [2.75, 3.05) is 17.7 Å². The van der Waals surface area contributed by atoms with Gasteiger partial charge in [0.15, 0.2) is 0 Å². The lowest BCUT2D eigenvalue weighted by Crippen LogP contribution is -2.07. The Morgan fingerprint density at radius 3 is 2.00 bits per heavy atom. The minimum atomic E-state index is -0.960. The summed E-state index contributed by atoms with van der Waals surface area (Å²) in [5, 5.41) is 15.2. The lowest BCUT2D eigenvalue weighted by molar-refractivity contribution is 0.0600. The smallest absolute Gasteiger partial charge is 0.341 e. The van der Waals surface area contributed by atoms with Crippen molar-refractivity contribution in [1.82, 2.24) is 4.98 Å². The van der Waals surface area contributed by atoms with E-state index in [9.17, 15) is 9.59 Å². The van der Waals surface area contributed by atoms with E-state index < -0.39 is 11.9 Å². The number of ether oxygens (including phenoxy) is 1. The number of rotatable bonds is 6. The minimum absolute atomic E-state index is 0.233. The third-order valence-electron chi connectivity index (χ3n) is 3.78. The highest BCUT2D eigenvalue weighted by Crippen LogP contribution is 2.23. The number of benzene rings is 2. The van der Waals surface area contributed by atoms with Gasteiger partial charge in [0, 0.05) is 23.3 Å². The maximum atomic E-state index is 11.8. The quantitative estimate of drug-likeness (QED) is 0.568. The summed E-state index contributed by atoms with van der Waals surface area (Å²) >= 11 is 0. The molecule has 0 atom stereocenters. The monoisotopic (exact) mass is 363 g/mol. The first kappa shape index (κ1) is 17.9. The van der Waals surface area contributed by atoms with Crippen LogP contribution in [0.1, 0.15) is 20.7 Å². The number of nitrogens with zero attached hydrogens (tertiary/aromatic N) is 1. The number of aromatic carboxylic acids is 1. The number of pyridine rings is 1. The molecule has 3 aromatic rings. The SMILES string of the molecule is COC(=O)c1cccnc1Nc1ccc(Nc2ccc(C(=O)O)cc2)cc1. The fraction of sp³-hybridized carbons (Fsp3) is 0.0500. The molecule has 0 saturated carbocycles. The van der Waals surface area contributed by atoms with Crippen LogP contribution in [0.3, 0.4) is 0 Å². The number of hydrogen-bond acceptors (Lipinski definition) is 6.